The zero-order valence-corrected chi connectivity index (χ0v) is 33.2. The number of pyridine rings is 1. The Kier molecular flexibility index (Phi) is 11.7. The molecule has 4 aliphatic rings. The molecular formula is C38H45F3N6O8S2. The molecule has 0 radical (unpaired) electrons. The van der Waals surface area contributed by atoms with Crippen LogP contribution in [-0.2, 0) is 42.0 Å². The van der Waals surface area contributed by atoms with Crippen molar-refractivity contribution in [1.29, 1.82) is 0 Å². The summed E-state index contributed by atoms with van der Waals surface area (Å²) in [6, 6.07) is 6.46. The van der Waals surface area contributed by atoms with Crippen molar-refractivity contribution in [2.75, 3.05) is 11.9 Å². The van der Waals surface area contributed by atoms with E-state index in [9.17, 15) is 36.0 Å². The number of aliphatic carboxylic acids is 1. The minimum Gasteiger partial charge on any atom is -0.475 e. The summed E-state index contributed by atoms with van der Waals surface area (Å²) in [4.78, 5) is 62.2. The van der Waals surface area contributed by atoms with E-state index in [2.05, 4.69) is 45.1 Å². The lowest BCUT2D eigenvalue weighted by atomic mass is 9.85. The molecule has 3 aromatic rings. The molecule has 19 heteroatoms. The van der Waals surface area contributed by atoms with Crippen LogP contribution in [0.3, 0.4) is 0 Å². The van der Waals surface area contributed by atoms with Crippen LogP contribution >= 0.6 is 11.3 Å². The second-order valence-corrected chi connectivity index (χ2v) is 18.8. The lowest BCUT2D eigenvalue weighted by molar-refractivity contribution is -0.192. The third kappa shape index (κ3) is 9.51. The number of ether oxygens (including phenoxy) is 1. The summed E-state index contributed by atoms with van der Waals surface area (Å²) in [5.74, 6) is -4.44. The molecule has 2 saturated carbocycles. The number of anilines is 1. The molecule has 5 atom stereocenters. The Balaban J connectivity index is 0.000000719. The number of carboxylic acid groups (broad SMARTS) is 1. The molecule has 2 aliphatic carbocycles. The van der Waals surface area contributed by atoms with Crippen LogP contribution in [0, 0.1) is 11.3 Å². The minimum absolute atomic E-state index is 0.103. The second-order valence-electron chi connectivity index (χ2n) is 15.9. The van der Waals surface area contributed by atoms with Gasteiger partial charge in [-0.3, -0.25) is 19.1 Å². The number of nitrogens with one attached hydrogen (secondary N) is 3. The number of nitrogens with zero attached hydrogens (tertiary/aromatic N) is 3. The van der Waals surface area contributed by atoms with Gasteiger partial charge in [-0.15, -0.1) is 17.9 Å². The molecule has 1 aromatic carbocycles. The predicted octanol–water partition coefficient (Wildman–Crippen LogP) is 4.75. The normalized spacial score (nSPS) is 25.2. The van der Waals surface area contributed by atoms with Crippen molar-refractivity contribution in [2.45, 2.75) is 107 Å². The average molecular weight is 835 g/mol. The molecule has 57 heavy (non-hydrogen) atoms. The number of halogens is 3. The van der Waals surface area contributed by atoms with E-state index in [1.165, 1.54) is 21.8 Å². The fourth-order valence-electron chi connectivity index (χ4n) is 7.05. The highest BCUT2D eigenvalue weighted by molar-refractivity contribution is 7.91. The number of hydrogen-bond acceptors (Lipinski definition) is 11. The van der Waals surface area contributed by atoms with Gasteiger partial charge in [0.05, 0.1) is 17.5 Å². The Morgan fingerprint density at radius 2 is 1.84 bits per heavy atom. The first-order valence-electron chi connectivity index (χ1n) is 18.6. The maximum atomic E-state index is 14.6. The summed E-state index contributed by atoms with van der Waals surface area (Å²) < 4.78 is 65.9. The predicted molar refractivity (Wildman–Crippen MR) is 205 cm³/mol. The molecule has 7 rings (SSSR count). The first-order valence-corrected chi connectivity index (χ1v) is 21.0. The number of sulfonamides is 1. The van der Waals surface area contributed by atoms with E-state index in [0.29, 0.717) is 23.9 Å². The number of amides is 3. The van der Waals surface area contributed by atoms with E-state index in [1.54, 1.807) is 12.3 Å². The van der Waals surface area contributed by atoms with Gasteiger partial charge in [-0.1, -0.05) is 39.0 Å². The molecule has 0 unspecified atom stereocenters. The van der Waals surface area contributed by atoms with Gasteiger partial charge < -0.3 is 25.4 Å². The zero-order chi connectivity index (χ0) is 41.5. The molecule has 1 saturated heterocycles. The van der Waals surface area contributed by atoms with Crippen molar-refractivity contribution < 1.29 is 50.6 Å². The van der Waals surface area contributed by atoms with Crippen LogP contribution in [0.15, 0.2) is 48.5 Å². The summed E-state index contributed by atoms with van der Waals surface area (Å²) in [5.41, 5.74) is 0.0796. The van der Waals surface area contributed by atoms with Crippen molar-refractivity contribution in [3.8, 4) is 5.88 Å². The zero-order valence-electron chi connectivity index (χ0n) is 31.6. The second kappa shape index (κ2) is 15.9. The van der Waals surface area contributed by atoms with Crippen LogP contribution in [0.1, 0.15) is 70.6 Å². The SMILES string of the molecule is C=C[C@@H]1C[C@]1(NC(=O)[C@@H]1C[C@@H]2CN1C(=O)[C@H](C(C)(C)C)Nc1nc(cs1)CCCCc1ccc3ccnc(c3c1)O2)C(=O)NS(=O)(=O)C1CC1.O=C(O)C(F)(F)F. The summed E-state index contributed by atoms with van der Waals surface area (Å²) in [6.45, 7) is 9.78. The number of aryl methyl sites for hydroxylation is 2. The average Bonchev–Trinajstić information content (AvgIpc) is 4.03. The standard InChI is InChI=1S/C36H44N6O6S2.C2HF3O2/c1-5-23-18-36(23,33(45)41-50(46,47)26-12-13-26)40-30(43)28-17-25-19-42(28)32(44)29(35(2,3)4)39-34-38-24(20-49-34)9-7-6-8-21-10-11-22-14-15-37-31(48-25)27(22)16-21;3-2(4,5)1(6)7/h5,10-11,14-16,20,23,25-26,28-29H,1,6-9,12-13,17-19H2,2-4H3,(H,38,39)(H,40,43)(H,41,45);(H,6,7)/t23-,25-,28+,29-,36-;/m1./s1. The van der Waals surface area contributed by atoms with Gasteiger partial charge in [-0.25, -0.2) is 23.2 Å². The lowest BCUT2D eigenvalue weighted by Crippen LogP contribution is -2.58. The van der Waals surface area contributed by atoms with Crippen LogP contribution in [-0.4, -0.2) is 93.8 Å². The van der Waals surface area contributed by atoms with E-state index >= 15 is 0 Å². The number of thiazole rings is 1. The number of hydrogen-bond donors (Lipinski definition) is 4. The van der Waals surface area contributed by atoms with Crippen LogP contribution in [0.2, 0.25) is 0 Å². The van der Waals surface area contributed by atoms with Crippen LogP contribution in [0.25, 0.3) is 10.8 Å². The van der Waals surface area contributed by atoms with Crippen molar-refractivity contribution in [3.63, 3.8) is 0 Å². The Morgan fingerprint density at radius 1 is 1.14 bits per heavy atom. The molecule has 6 bridgehead atoms. The fraction of sp³-hybridized carbons (Fsp3) is 0.526. The highest BCUT2D eigenvalue weighted by atomic mass is 32.2. The molecule has 0 spiro atoms. The maximum absolute atomic E-state index is 14.6. The number of rotatable bonds is 6. The number of benzene rings is 1. The summed E-state index contributed by atoms with van der Waals surface area (Å²) in [6.07, 6.45) is 2.55. The molecule has 14 nitrogen and oxygen atoms in total. The number of carboxylic acids is 1. The van der Waals surface area contributed by atoms with E-state index in [-0.39, 0.29) is 25.3 Å². The number of fused-ring (bicyclic) bond motifs is 5. The van der Waals surface area contributed by atoms with Crippen molar-refractivity contribution >= 4 is 61.0 Å². The van der Waals surface area contributed by atoms with Crippen LogP contribution in [0.5, 0.6) is 5.88 Å². The number of carbonyl (C=O) groups is 4. The Bertz CT molecular complexity index is 2170. The smallest absolute Gasteiger partial charge is 0.475 e. The van der Waals surface area contributed by atoms with E-state index in [4.69, 9.17) is 19.6 Å². The van der Waals surface area contributed by atoms with E-state index < -0.39 is 74.3 Å². The van der Waals surface area contributed by atoms with Gasteiger partial charge in [0.15, 0.2) is 5.13 Å². The van der Waals surface area contributed by atoms with Crippen molar-refractivity contribution in [2.24, 2.45) is 11.3 Å². The molecule has 2 aromatic heterocycles. The summed E-state index contributed by atoms with van der Waals surface area (Å²) in [5, 5.41) is 17.2. The highest BCUT2D eigenvalue weighted by Gasteiger charge is 2.62. The molecule has 2 aliphatic heterocycles. The van der Waals surface area contributed by atoms with Gasteiger partial charge in [0.2, 0.25) is 27.7 Å². The van der Waals surface area contributed by atoms with Gasteiger partial charge in [0.1, 0.15) is 23.7 Å². The highest BCUT2D eigenvalue weighted by Crippen LogP contribution is 2.46. The van der Waals surface area contributed by atoms with Gasteiger partial charge in [0.25, 0.3) is 5.91 Å². The number of alkyl halides is 3. The molecule has 4 N–H and O–H groups in total. The topological polar surface area (TPSA) is 197 Å². The number of aromatic nitrogens is 2. The van der Waals surface area contributed by atoms with Gasteiger partial charge in [-0.2, -0.15) is 13.2 Å². The van der Waals surface area contributed by atoms with Crippen LogP contribution in [0.4, 0.5) is 18.3 Å². The molecule has 3 fully saturated rings. The van der Waals surface area contributed by atoms with Gasteiger partial charge in [-0.05, 0) is 73.4 Å². The largest absolute Gasteiger partial charge is 0.490 e. The van der Waals surface area contributed by atoms with E-state index in [0.717, 1.165) is 42.1 Å². The monoisotopic (exact) mass is 834 g/mol. The Labute approximate surface area is 331 Å². The first-order chi connectivity index (χ1) is 26.7. The molecule has 4 heterocycles. The van der Waals surface area contributed by atoms with Gasteiger partial charge in [0, 0.05) is 29.3 Å². The maximum Gasteiger partial charge on any atom is 0.490 e. The van der Waals surface area contributed by atoms with Gasteiger partial charge >= 0.3 is 12.1 Å². The molecule has 3 amide bonds. The molecule has 308 valence electrons. The molecular weight excluding hydrogens is 790 g/mol. The van der Waals surface area contributed by atoms with Crippen molar-refractivity contribution in [3.05, 3.63) is 59.8 Å². The number of carbonyl (C=O) groups excluding carboxylic acids is 3. The van der Waals surface area contributed by atoms with E-state index in [1.807, 2.05) is 32.2 Å². The third-order valence-corrected chi connectivity index (χ3v) is 13.1. The fourth-order valence-corrected chi connectivity index (χ4v) is 9.19. The third-order valence-electron chi connectivity index (χ3n) is 10.5. The Hall–Kier alpha value is -4.78. The summed E-state index contributed by atoms with van der Waals surface area (Å²) in [7, 11) is -3.85. The van der Waals surface area contributed by atoms with Crippen molar-refractivity contribution in [1.82, 2.24) is 24.9 Å². The van der Waals surface area contributed by atoms with Crippen LogP contribution < -0.4 is 20.1 Å². The lowest BCUT2D eigenvalue weighted by Gasteiger charge is -2.35. The minimum atomic E-state index is -5.08. The quantitative estimate of drug-likeness (QED) is 0.250. The summed E-state index contributed by atoms with van der Waals surface area (Å²) >= 11 is 1.45. The Morgan fingerprint density at radius 3 is 2.47 bits per heavy atom. The first kappa shape index (κ1) is 41.8.